The zero-order valence-electron chi connectivity index (χ0n) is 14.4. The molecule has 0 aliphatic heterocycles. The molecule has 0 aromatic heterocycles. The molecule has 0 fully saturated rings. The van der Waals surface area contributed by atoms with Crippen molar-refractivity contribution in [3.8, 4) is 11.5 Å². The molecule has 136 valence electrons. The molecule has 6 heteroatoms. The van der Waals surface area contributed by atoms with Gasteiger partial charge in [0.2, 0.25) is 0 Å². The lowest BCUT2D eigenvalue weighted by molar-refractivity contribution is 0.294. The molecule has 1 N–H and O–H groups in total. The Morgan fingerprint density at radius 3 is 2.52 bits per heavy atom. The summed E-state index contributed by atoms with van der Waals surface area (Å²) < 4.78 is 11.1. The Balaban J connectivity index is 1.93. The van der Waals surface area contributed by atoms with E-state index < -0.39 is 0 Å². The molecular formula is C19H22Cl3NO2. The van der Waals surface area contributed by atoms with E-state index >= 15 is 0 Å². The Labute approximate surface area is 164 Å². The number of ether oxygens (including phenoxy) is 2. The molecule has 0 aliphatic carbocycles. The Morgan fingerprint density at radius 1 is 1.04 bits per heavy atom. The molecule has 2 rings (SSSR count). The van der Waals surface area contributed by atoms with Gasteiger partial charge in [-0.3, -0.25) is 0 Å². The molecule has 0 bridgehead atoms. The SMILES string of the molecule is CCCOc1c(Cl)cc(CNCCc2ccc(Cl)cc2Cl)cc1OC. The fourth-order valence-corrected chi connectivity index (χ4v) is 3.19. The number of hydrogen-bond donors (Lipinski definition) is 1. The summed E-state index contributed by atoms with van der Waals surface area (Å²) in [5, 5.41) is 5.29. The van der Waals surface area contributed by atoms with Gasteiger partial charge >= 0.3 is 0 Å². The smallest absolute Gasteiger partial charge is 0.179 e. The number of methoxy groups -OCH3 is 1. The molecule has 3 nitrogen and oxygen atoms in total. The van der Waals surface area contributed by atoms with E-state index in [1.165, 1.54) is 0 Å². The van der Waals surface area contributed by atoms with Crippen molar-refractivity contribution in [2.75, 3.05) is 20.3 Å². The van der Waals surface area contributed by atoms with Gasteiger partial charge in [0.25, 0.3) is 0 Å². The fraction of sp³-hybridized carbons (Fsp3) is 0.368. The van der Waals surface area contributed by atoms with Gasteiger partial charge in [0, 0.05) is 16.6 Å². The third kappa shape index (κ3) is 5.96. The Morgan fingerprint density at radius 2 is 1.84 bits per heavy atom. The van der Waals surface area contributed by atoms with Crippen LogP contribution >= 0.6 is 34.8 Å². The van der Waals surface area contributed by atoms with Crippen LogP contribution in [0.4, 0.5) is 0 Å². The van der Waals surface area contributed by atoms with Crippen molar-refractivity contribution in [2.45, 2.75) is 26.3 Å². The second kappa shape index (κ2) is 10.1. The van der Waals surface area contributed by atoms with Crippen molar-refractivity contribution in [2.24, 2.45) is 0 Å². The molecule has 0 saturated heterocycles. The molecule has 0 atom stereocenters. The highest BCUT2D eigenvalue weighted by atomic mass is 35.5. The van der Waals surface area contributed by atoms with E-state index in [9.17, 15) is 0 Å². The van der Waals surface area contributed by atoms with Crippen molar-refractivity contribution in [3.63, 3.8) is 0 Å². The van der Waals surface area contributed by atoms with Crippen LogP contribution in [0.2, 0.25) is 15.1 Å². The second-order valence-electron chi connectivity index (χ2n) is 5.62. The van der Waals surface area contributed by atoms with E-state index in [2.05, 4.69) is 5.32 Å². The standard InChI is InChI=1S/C19H22Cl3NO2/c1-3-8-25-19-17(22)9-13(10-18(19)24-2)12-23-7-6-14-4-5-15(20)11-16(14)21/h4-5,9-11,23H,3,6-8,12H2,1-2H3. The van der Waals surface area contributed by atoms with Crippen molar-refractivity contribution in [1.29, 1.82) is 0 Å². The third-order valence-corrected chi connectivity index (χ3v) is 4.52. The highest BCUT2D eigenvalue weighted by Crippen LogP contribution is 2.36. The van der Waals surface area contributed by atoms with Crippen LogP contribution in [0.25, 0.3) is 0 Å². The molecule has 0 amide bonds. The van der Waals surface area contributed by atoms with Crippen molar-refractivity contribution in [3.05, 3.63) is 56.5 Å². The predicted octanol–water partition coefficient (Wildman–Crippen LogP) is 5.78. The van der Waals surface area contributed by atoms with Gasteiger partial charge in [-0.1, -0.05) is 47.8 Å². The summed E-state index contributed by atoms with van der Waals surface area (Å²) in [6, 6.07) is 9.41. The minimum Gasteiger partial charge on any atom is -0.493 e. The second-order valence-corrected chi connectivity index (χ2v) is 6.87. The first-order chi connectivity index (χ1) is 12.0. The summed E-state index contributed by atoms with van der Waals surface area (Å²) in [5.41, 5.74) is 2.10. The van der Waals surface area contributed by atoms with Gasteiger partial charge in [0.05, 0.1) is 18.7 Å². The van der Waals surface area contributed by atoms with Crippen molar-refractivity contribution < 1.29 is 9.47 Å². The summed E-state index contributed by atoms with van der Waals surface area (Å²) in [5.74, 6) is 1.25. The quantitative estimate of drug-likeness (QED) is 0.540. The average Bonchev–Trinajstić information content (AvgIpc) is 2.58. The first kappa shape index (κ1) is 20.2. The maximum atomic E-state index is 6.33. The predicted molar refractivity (Wildman–Crippen MR) is 106 cm³/mol. The molecule has 2 aromatic carbocycles. The van der Waals surface area contributed by atoms with Gasteiger partial charge in [-0.15, -0.1) is 0 Å². The molecule has 0 aliphatic rings. The number of hydrogen-bond acceptors (Lipinski definition) is 3. The van der Waals surface area contributed by atoms with Crippen LogP contribution < -0.4 is 14.8 Å². The van der Waals surface area contributed by atoms with E-state index in [4.69, 9.17) is 44.3 Å². The summed E-state index contributed by atoms with van der Waals surface area (Å²) in [6.45, 7) is 4.12. The Kier molecular flexibility index (Phi) is 8.17. The minimum absolute atomic E-state index is 0.561. The van der Waals surface area contributed by atoms with Gasteiger partial charge in [-0.2, -0.15) is 0 Å². The monoisotopic (exact) mass is 401 g/mol. The van der Waals surface area contributed by atoms with Gasteiger partial charge in [-0.25, -0.2) is 0 Å². The average molecular weight is 403 g/mol. The number of nitrogens with one attached hydrogen (secondary N) is 1. The lowest BCUT2D eigenvalue weighted by atomic mass is 10.1. The zero-order valence-corrected chi connectivity index (χ0v) is 16.6. The number of halogens is 3. The molecule has 0 radical (unpaired) electrons. The van der Waals surface area contributed by atoms with Crippen LogP contribution in [-0.4, -0.2) is 20.3 Å². The summed E-state index contributed by atoms with van der Waals surface area (Å²) in [6.07, 6.45) is 1.73. The van der Waals surface area contributed by atoms with Crippen LogP contribution in [-0.2, 0) is 13.0 Å². The molecule has 25 heavy (non-hydrogen) atoms. The minimum atomic E-state index is 0.561. The summed E-state index contributed by atoms with van der Waals surface area (Å²) >= 11 is 18.4. The largest absolute Gasteiger partial charge is 0.493 e. The first-order valence-corrected chi connectivity index (χ1v) is 9.32. The van der Waals surface area contributed by atoms with Crippen LogP contribution in [0.15, 0.2) is 30.3 Å². The normalized spacial score (nSPS) is 10.8. The van der Waals surface area contributed by atoms with Crippen LogP contribution in [0.3, 0.4) is 0 Å². The van der Waals surface area contributed by atoms with Gasteiger partial charge < -0.3 is 14.8 Å². The molecule has 0 unspecified atom stereocenters. The Bertz CT molecular complexity index is 707. The van der Waals surface area contributed by atoms with Crippen LogP contribution in [0.5, 0.6) is 11.5 Å². The van der Waals surface area contributed by atoms with Gasteiger partial charge in [0.15, 0.2) is 11.5 Å². The zero-order chi connectivity index (χ0) is 18.2. The molecule has 2 aromatic rings. The molecule has 0 heterocycles. The van der Waals surface area contributed by atoms with Crippen molar-refractivity contribution in [1.82, 2.24) is 5.32 Å². The van der Waals surface area contributed by atoms with Crippen LogP contribution in [0, 0.1) is 0 Å². The fourth-order valence-electron chi connectivity index (χ4n) is 2.40. The topological polar surface area (TPSA) is 30.5 Å². The van der Waals surface area contributed by atoms with E-state index in [0.29, 0.717) is 39.7 Å². The molecular weight excluding hydrogens is 381 g/mol. The van der Waals surface area contributed by atoms with Gasteiger partial charge in [0.1, 0.15) is 0 Å². The van der Waals surface area contributed by atoms with E-state index in [0.717, 1.165) is 30.5 Å². The molecule has 0 spiro atoms. The first-order valence-electron chi connectivity index (χ1n) is 8.19. The highest BCUT2D eigenvalue weighted by Gasteiger charge is 2.12. The third-order valence-electron chi connectivity index (χ3n) is 3.66. The number of rotatable bonds is 9. The summed E-state index contributed by atoms with van der Waals surface area (Å²) in [7, 11) is 1.62. The van der Waals surface area contributed by atoms with Crippen molar-refractivity contribution >= 4 is 34.8 Å². The van der Waals surface area contributed by atoms with E-state index in [1.807, 2.05) is 31.2 Å². The maximum absolute atomic E-state index is 6.33. The summed E-state index contributed by atoms with van der Waals surface area (Å²) in [4.78, 5) is 0. The Hall–Kier alpha value is -1.13. The maximum Gasteiger partial charge on any atom is 0.179 e. The van der Waals surface area contributed by atoms with E-state index in [1.54, 1.807) is 13.2 Å². The highest BCUT2D eigenvalue weighted by molar-refractivity contribution is 6.35. The lowest BCUT2D eigenvalue weighted by Crippen LogP contribution is -2.17. The van der Waals surface area contributed by atoms with Gasteiger partial charge in [-0.05, 0) is 54.8 Å². The molecule has 0 saturated carbocycles. The lowest BCUT2D eigenvalue weighted by Gasteiger charge is -2.14. The van der Waals surface area contributed by atoms with E-state index in [-0.39, 0.29) is 0 Å². The van der Waals surface area contributed by atoms with Crippen LogP contribution in [0.1, 0.15) is 24.5 Å². The number of benzene rings is 2.